The van der Waals surface area contributed by atoms with Gasteiger partial charge in [0.2, 0.25) is 0 Å². The van der Waals surface area contributed by atoms with Crippen molar-refractivity contribution < 1.29 is 9.53 Å². The summed E-state index contributed by atoms with van der Waals surface area (Å²) in [6.45, 7) is 3.30. The molecule has 4 rings (SSSR count). The lowest BCUT2D eigenvalue weighted by molar-refractivity contribution is 0.0983. The molecule has 154 valence electrons. The van der Waals surface area contributed by atoms with Crippen LogP contribution in [0, 0.1) is 0 Å². The first kappa shape index (κ1) is 19.5. The second-order valence-electron chi connectivity index (χ2n) is 7.80. The summed E-state index contributed by atoms with van der Waals surface area (Å²) < 4.78 is 5.04. The van der Waals surface area contributed by atoms with E-state index < -0.39 is 10.9 Å². The number of carbonyl (C=O) groups is 1. The molecule has 1 aliphatic carbocycles. The molecule has 0 bridgehead atoms. The standard InChI is InChI=1S/C22H27N3O4/c1-2-29-22(28)25-12-10-15(11-13-25)23-18-19(21(27)20(18)26)24-17-9-5-7-14-6-3-4-8-16(14)17/h3-4,6,8,15,17,23-24H,2,5,7,9-13H2,1H3. The van der Waals surface area contributed by atoms with Crippen molar-refractivity contribution in [3.8, 4) is 0 Å². The highest BCUT2D eigenvalue weighted by Gasteiger charge is 2.30. The van der Waals surface area contributed by atoms with Gasteiger partial charge in [-0.25, -0.2) is 4.79 Å². The van der Waals surface area contributed by atoms with Crippen LogP contribution in [0.3, 0.4) is 0 Å². The molecular formula is C22H27N3O4. The maximum absolute atomic E-state index is 12.2. The Hall–Kier alpha value is -2.83. The fourth-order valence-corrected chi connectivity index (χ4v) is 4.37. The highest BCUT2D eigenvalue weighted by molar-refractivity contribution is 5.75. The zero-order valence-electron chi connectivity index (χ0n) is 16.7. The van der Waals surface area contributed by atoms with Gasteiger partial charge in [-0.1, -0.05) is 24.3 Å². The molecule has 1 aliphatic heterocycles. The van der Waals surface area contributed by atoms with E-state index in [9.17, 15) is 14.4 Å². The molecule has 0 spiro atoms. The van der Waals surface area contributed by atoms with Gasteiger partial charge in [0, 0.05) is 19.1 Å². The lowest BCUT2D eigenvalue weighted by Gasteiger charge is -2.33. The van der Waals surface area contributed by atoms with E-state index >= 15 is 0 Å². The Kier molecular flexibility index (Phi) is 5.56. The number of anilines is 2. The predicted octanol–water partition coefficient (Wildman–Crippen LogP) is 2.80. The second-order valence-corrected chi connectivity index (χ2v) is 7.80. The first-order chi connectivity index (χ1) is 14.1. The zero-order valence-corrected chi connectivity index (χ0v) is 16.7. The highest BCUT2D eigenvalue weighted by Crippen LogP contribution is 2.33. The third-order valence-electron chi connectivity index (χ3n) is 5.97. The van der Waals surface area contributed by atoms with Crippen LogP contribution in [0.2, 0.25) is 0 Å². The Morgan fingerprint density at radius 3 is 2.48 bits per heavy atom. The van der Waals surface area contributed by atoms with Gasteiger partial charge in [0.05, 0.1) is 12.6 Å². The number of hydrogen-bond donors (Lipinski definition) is 2. The molecule has 7 heteroatoms. The van der Waals surface area contributed by atoms with Crippen molar-refractivity contribution in [3.05, 3.63) is 55.8 Å². The summed E-state index contributed by atoms with van der Waals surface area (Å²) in [5, 5.41) is 6.60. The number of piperidine rings is 1. The minimum atomic E-state index is -0.454. The molecule has 7 nitrogen and oxygen atoms in total. The fourth-order valence-electron chi connectivity index (χ4n) is 4.37. The SMILES string of the molecule is CCOC(=O)N1CCC(Nc2c(NC3CCCc4ccccc43)c(=O)c2=O)CC1. The van der Waals surface area contributed by atoms with E-state index in [4.69, 9.17) is 4.74 Å². The molecule has 1 unspecified atom stereocenters. The monoisotopic (exact) mass is 397 g/mol. The molecule has 1 saturated heterocycles. The molecule has 29 heavy (non-hydrogen) atoms. The van der Waals surface area contributed by atoms with Crippen LogP contribution < -0.4 is 21.5 Å². The van der Waals surface area contributed by atoms with Crippen molar-refractivity contribution in [2.75, 3.05) is 30.3 Å². The molecule has 2 aliphatic rings. The molecule has 1 atom stereocenters. The molecule has 1 fully saturated rings. The van der Waals surface area contributed by atoms with Crippen LogP contribution in [0.1, 0.15) is 49.8 Å². The smallest absolute Gasteiger partial charge is 0.409 e. The van der Waals surface area contributed by atoms with Crippen molar-refractivity contribution in [3.63, 3.8) is 0 Å². The third kappa shape index (κ3) is 3.86. The summed E-state index contributed by atoms with van der Waals surface area (Å²) in [6.07, 6.45) is 4.17. The van der Waals surface area contributed by atoms with Gasteiger partial charge in [0.15, 0.2) is 0 Å². The number of aryl methyl sites for hydroxylation is 1. The van der Waals surface area contributed by atoms with Crippen LogP contribution >= 0.6 is 0 Å². The maximum Gasteiger partial charge on any atom is 0.409 e. The van der Waals surface area contributed by atoms with Crippen LogP contribution in [0.15, 0.2) is 33.9 Å². The van der Waals surface area contributed by atoms with Crippen molar-refractivity contribution >= 4 is 17.5 Å². The average Bonchev–Trinajstić information content (AvgIpc) is 2.76. The number of nitrogens with one attached hydrogen (secondary N) is 2. The lowest BCUT2D eigenvalue weighted by atomic mass is 9.87. The van der Waals surface area contributed by atoms with Crippen molar-refractivity contribution in [2.45, 2.75) is 51.1 Å². The normalized spacial score (nSPS) is 19.6. The van der Waals surface area contributed by atoms with Crippen molar-refractivity contribution in [1.29, 1.82) is 0 Å². The summed E-state index contributed by atoms with van der Waals surface area (Å²) in [4.78, 5) is 37.9. The fraction of sp³-hybridized carbons (Fsp3) is 0.500. The van der Waals surface area contributed by atoms with E-state index in [-0.39, 0.29) is 18.2 Å². The lowest BCUT2D eigenvalue weighted by Crippen LogP contribution is -2.45. The minimum Gasteiger partial charge on any atom is -0.450 e. The van der Waals surface area contributed by atoms with Crippen molar-refractivity contribution in [2.24, 2.45) is 0 Å². The Morgan fingerprint density at radius 2 is 1.76 bits per heavy atom. The summed E-state index contributed by atoms with van der Waals surface area (Å²) in [5.74, 6) is 0. The van der Waals surface area contributed by atoms with Gasteiger partial charge in [0.25, 0.3) is 10.9 Å². The molecule has 2 aromatic carbocycles. The quantitative estimate of drug-likeness (QED) is 0.755. The Labute approximate surface area is 169 Å². The molecule has 2 N–H and O–H groups in total. The van der Waals surface area contributed by atoms with E-state index in [1.165, 1.54) is 11.1 Å². The van der Waals surface area contributed by atoms with Gasteiger partial charge in [0.1, 0.15) is 11.4 Å². The van der Waals surface area contributed by atoms with Gasteiger partial charge in [-0.05, 0) is 50.2 Å². The van der Waals surface area contributed by atoms with Gasteiger partial charge in [-0.2, -0.15) is 0 Å². The first-order valence-corrected chi connectivity index (χ1v) is 10.4. The molecule has 1 amide bonds. The highest BCUT2D eigenvalue weighted by atomic mass is 16.6. The van der Waals surface area contributed by atoms with Crippen LogP contribution in [-0.2, 0) is 11.2 Å². The number of hydrogen-bond acceptors (Lipinski definition) is 6. The van der Waals surface area contributed by atoms with Crippen LogP contribution in [0.4, 0.5) is 16.2 Å². The minimum absolute atomic E-state index is 0.0504. The van der Waals surface area contributed by atoms with Crippen LogP contribution in [-0.4, -0.2) is 36.7 Å². The predicted molar refractivity (Wildman–Crippen MR) is 112 cm³/mol. The topological polar surface area (TPSA) is 87.7 Å². The van der Waals surface area contributed by atoms with E-state index in [1.54, 1.807) is 11.8 Å². The average molecular weight is 397 g/mol. The molecule has 0 radical (unpaired) electrons. The van der Waals surface area contributed by atoms with E-state index in [2.05, 4.69) is 22.8 Å². The number of fused-ring (bicyclic) bond motifs is 1. The number of nitrogens with zero attached hydrogens (tertiary/aromatic N) is 1. The maximum atomic E-state index is 12.2. The number of ether oxygens (including phenoxy) is 1. The van der Waals surface area contributed by atoms with Crippen LogP contribution in [0.5, 0.6) is 0 Å². The summed E-state index contributed by atoms with van der Waals surface area (Å²) in [5.41, 5.74) is 2.41. The number of benzene rings is 1. The van der Waals surface area contributed by atoms with Gasteiger partial charge in [-0.3, -0.25) is 9.59 Å². The van der Waals surface area contributed by atoms with Gasteiger partial charge in [-0.15, -0.1) is 0 Å². The van der Waals surface area contributed by atoms with E-state index in [0.717, 1.165) is 19.3 Å². The molecule has 0 saturated carbocycles. The molecule has 2 aromatic rings. The van der Waals surface area contributed by atoms with E-state index in [0.29, 0.717) is 43.9 Å². The molecular weight excluding hydrogens is 370 g/mol. The largest absolute Gasteiger partial charge is 0.450 e. The summed E-state index contributed by atoms with van der Waals surface area (Å²) in [6, 6.07) is 8.38. The zero-order chi connectivity index (χ0) is 20.4. The van der Waals surface area contributed by atoms with Crippen molar-refractivity contribution in [1.82, 2.24) is 4.90 Å². The molecule has 1 heterocycles. The number of amides is 1. The number of likely N-dealkylation sites (tertiary alicyclic amines) is 1. The Bertz CT molecular complexity index is 955. The first-order valence-electron chi connectivity index (χ1n) is 10.4. The van der Waals surface area contributed by atoms with Gasteiger partial charge < -0.3 is 20.3 Å². The molecule has 0 aromatic heterocycles. The van der Waals surface area contributed by atoms with Gasteiger partial charge >= 0.3 is 6.09 Å². The van der Waals surface area contributed by atoms with E-state index in [1.807, 2.05) is 12.1 Å². The Balaban J connectivity index is 1.42. The summed E-state index contributed by atoms with van der Waals surface area (Å²) in [7, 11) is 0. The van der Waals surface area contributed by atoms with Crippen LogP contribution in [0.25, 0.3) is 0 Å². The third-order valence-corrected chi connectivity index (χ3v) is 5.97. The number of carbonyl (C=O) groups excluding carboxylic acids is 1. The number of rotatable bonds is 5. The summed E-state index contributed by atoms with van der Waals surface area (Å²) >= 11 is 0. The Morgan fingerprint density at radius 1 is 1.07 bits per heavy atom. The second kappa shape index (κ2) is 8.27.